The van der Waals surface area contributed by atoms with Crippen molar-refractivity contribution in [1.29, 1.82) is 0 Å². The van der Waals surface area contributed by atoms with Crippen molar-refractivity contribution in [2.24, 2.45) is 16.2 Å². The normalized spacial score (nSPS) is 14.9. The van der Waals surface area contributed by atoms with Crippen LogP contribution in [0, 0.1) is 16.2 Å². The van der Waals surface area contributed by atoms with Gasteiger partial charge in [0.15, 0.2) is 0 Å². The minimum atomic E-state index is -1.76. The highest BCUT2D eigenvalue weighted by atomic mass is 16.7. The first-order chi connectivity index (χ1) is 18.8. The Morgan fingerprint density at radius 2 is 0.775 bits per heavy atom. The van der Waals surface area contributed by atoms with Gasteiger partial charge in [0.05, 0.1) is 13.2 Å². The number of aliphatic hydroxyl groups is 2. The molecule has 2 unspecified atom stereocenters. The molecule has 0 radical (unpaired) electrons. The first-order valence-corrected chi connectivity index (χ1v) is 11.9. The number of rotatable bonds is 19. The summed E-state index contributed by atoms with van der Waals surface area (Å²) in [6.07, 6.45) is 1.30. The molecule has 0 aliphatic heterocycles. The summed E-state index contributed by atoms with van der Waals surface area (Å²) in [5, 5.41) is 19.1. The van der Waals surface area contributed by atoms with Crippen LogP contribution < -0.4 is 0 Å². The second-order valence-corrected chi connectivity index (χ2v) is 9.31. The summed E-state index contributed by atoms with van der Waals surface area (Å²) < 4.78 is 34.5. The quantitative estimate of drug-likeness (QED) is 0.128. The molecule has 0 aromatic heterocycles. The van der Waals surface area contributed by atoms with Crippen molar-refractivity contribution in [2.45, 2.75) is 20.8 Å². The van der Waals surface area contributed by atoms with Crippen LogP contribution in [0.4, 0.5) is 9.59 Å². The van der Waals surface area contributed by atoms with Crippen LogP contribution in [0.2, 0.25) is 0 Å². The van der Waals surface area contributed by atoms with Crippen LogP contribution in [0.3, 0.4) is 0 Å². The zero-order chi connectivity index (χ0) is 30.8. The largest absolute Gasteiger partial charge is 0.508 e. The molecule has 2 N–H and O–H groups in total. The van der Waals surface area contributed by atoms with Gasteiger partial charge in [-0.1, -0.05) is 38.0 Å². The molecule has 40 heavy (non-hydrogen) atoms. The molecule has 2 atom stereocenters. The van der Waals surface area contributed by atoms with Crippen LogP contribution in [0.1, 0.15) is 20.8 Å². The average molecular weight is 575 g/mol. The zero-order valence-corrected chi connectivity index (χ0v) is 23.0. The number of hydrogen-bond acceptors (Lipinski definition) is 14. The van der Waals surface area contributed by atoms with Crippen molar-refractivity contribution >= 4 is 30.2 Å². The Labute approximate surface area is 232 Å². The van der Waals surface area contributed by atoms with E-state index in [9.17, 15) is 34.2 Å². The standard InChI is InChI=1S/C26H38O14/c1-7-10-34-19(29)24(4,13-27)15-37-22(32)39-17-26(6,21(31)36-12-9-3)18-40-23(33)38-16-25(5,14-28)20(30)35-11-8-2/h7-9,27-28H,1-3,10-18H2,4-6H3. The third-order valence-electron chi connectivity index (χ3n) is 5.21. The highest BCUT2D eigenvalue weighted by Crippen LogP contribution is 2.23. The molecule has 0 fully saturated rings. The van der Waals surface area contributed by atoms with Crippen LogP contribution in [-0.2, 0) is 47.5 Å². The number of aliphatic hydroxyl groups excluding tert-OH is 2. The van der Waals surface area contributed by atoms with E-state index in [-0.39, 0.29) is 19.8 Å². The van der Waals surface area contributed by atoms with Crippen molar-refractivity contribution in [2.75, 3.05) is 59.5 Å². The fourth-order valence-corrected chi connectivity index (χ4v) is 2.38. The van der Waals surface area contributed by atoms with E-state index in [1.54, 1.807) is 0 Å². The number of ether oxygens (including phenoxy) is 7. The van der Waals surface area contributed by atoms with E-state index < -0.39 is 86.1 Å². The summed E-state index contributed by atoms with van der Waals surface area (Å²) in [4.78, 5) is 61.2. The van der Waals surface area contributed by atoms with Crippen molar-refractivity contribution < 1.29 is 67.3 Å². The van der Waals surface area contributed by atoms with Gasteiger partial charge in [0, 0.05) is 0 Å². The lowest BCUT2D eigenvalue weighted by Gasteiger charge is -2.27. The fourth-order valence-electron chi connectivity index (χ4n) is 2.38. The van der Waals surface area contributed by atoms with Crippen molar-refractivity contribution in [1.82, 2.24) is 0 Å². The van der Waals surface area contributed by atoms with E-state index in [0.29, 0.717) is 0 Å². The Morgan fingerprint density at radius 1 is 0.525 bits per heavy atom. The SMILES string of the molecule is C=CCOC(=O)C(C)(CO)COC(=O)OCC(C)(COC(=O)OCC(C)(CO)C(=O)OCC=C)C(=O)OCC=C. The van der Waals surface area contributed by atoms with Gasteiger partial charge in [0.2, 0.25) is 0 Å². The summed E-state index contributed by atoms with van der Waals surface area (Å²) in [6, 6.07) is 0. The number of carbonyl (C=O) groups excluding carboxylic acids is 5. The van der Waals surface area contributed by atoms with Gasteiger partial charge < -0.3 is 43.4 Å². The van der Waals surface area contributed by atoms with E-state index in [0.717, 1.165) is 0 Å². The molecule has 14 heteroatoms. The third-order valence-corrected chi connectivity index (χ3v) is 5.21. The minimum absolute atomic E-state index is 0.120. The third kappa shape index (κ3) is 11.9. The van der Waals surface area contributed by atoms with E-state index in [4.69, 9.17) is 33.2 Å². The molecule has 0 aromatic rings. The van der Waals surface area contributed by atoms with Gasteiger partial charge in [-0.2, -0.15) is 0 Å². The molecule has 0 saturated carbocycles. The summed E-state index contributed by atoms with van der Waals surface area (Å²) >= 11 is 0. The summed E-state index contributed by atoms with van der Waals surface area (Å²) in [5.74, 6) is -2.63. The Kier molecular flexibility index (Phi) is 15.9. The lowest BCUT2D eigenvalue weighted by molar-refractivity contribution is -0.161. The molecule has 0 rings (SSSR count). The monoisotopic (exact) mass is 574 g/mol. The lowest BCUT2D eigenvalue weighted by atomic mass is 9.93. The predicted molar refractivity (Wildman–Crippen MR) is 137 cm³/mol. The van der Waals surface area contributed by atoms with Crippen molar-refractivity contribution in [3.05, 3.63) is 38.0 Å². The maximum atomic E-state index is 12.6. The molecule has 0 aliphatic rings. The van der Waals surface area contributed by atoms with Gasteiger partial charge in [-0.05, 0) is 20.8 Å². The van der Waals surface area contributed by atoms with Gasteiger partial charge in [-0.3, -0.25) is 14.4 Å². The topological polar surface area (TPSA) is 190 Å². The molecular formula is C26H38O14. The molecule has 0 bridgehead atoms. The first-order valence-electron chi connectivity index (χ1n) is 11.9. The second kappa shape index (κ2) is 17.6. The second-order valence-electron chi connectivity index (χ2n) is 9.31. The molecule has 0 heterocycles. The van der Waals surface area contributed by atoms with Crippen LogP contribution >= 0.6 is 0 Å². The van der Waals surface area contributed by atoms with E-state index >= 15 is 0 Å². The van der Waals surface area contributed by atoms with Gasteiger partial charge in [0.1, 0.15) is 62.5 Å². The maximum absolute atomic E-state index is 12.6. The molecule has 226 valence electrons. The highest BCUT2D eigenvalue weighted by Gasteiger charge is 2.41. The summed E-state index contributed by atoms with van der Waals surface area (Å²) in [6.45, 7) is 9.59. The fraction of sp³-hybridized carbons (Fsp3) is 0.577. The van der Waals surface area contributed by atoms with Crippen molar-refractivity contribution in [3.63, 3.8) is 0 Å². The van der Waals surface area contributed by atoms with Crippen LogP contribution in [-0.4, -0.2) is 99.9 Å². The van der Waals surface area contributed by atoms with E-state index in [1.165, 1.54) is 39.0 Å². The van der Waals surface area contributed by atoms with Gasteiger partial charge in [0.25, 0.3) is 0 Å². The Hall–Kier alpha value is -3.91. The Morgan fingerprint density at radius 3 is 1.02 bits per heavy atom. The predicted octanol–water partition coefficient (Wildman–Crippen LogP) is 1.48. The maximum Gasteiger partial charge on any atom is 0.508 e. The molecule has 14 nitrogen and oxygen atoms in total. The van der Waals surface area contributed by atoms with Crippen molar-refractivity contribution in [3.8, 4) is 0 Å². The summed E-state index contributed by atoms with van der Waals surface area (Å²) in [5.41, 5.74) is -4.95. The van der Waals surface area contributed by atoms with Gasteiger partial charge in [-0.15, -0.1) is 0 Å². The zero-order valence-electron chi connectivity index (χ0n) is 23.0. The molecular weight excluding hydrogens is 536 g/mol. The van der Waals surface area contributed by atoms with Crippen LogP contribution in [0.15, 0.2) is 38.0 Å². The highest BCUT2D eigenvalue weighted by molar-refractivity contribution is 5.79. The summed E-state index contributed by atoms with van der Waals surface area (Å²) in [7, 11) is 0. The molecule has 0 saturated heterocycles. The van der Waals surface area contributed by atoms with Crippen LogP contribution in [0.25, 0.3) is 0 Å². The van der Waals surface area contributed by atoms with E-state index in [2.05, 4.69) is 19.7 Å². The average Bonchev–Trinajstić information content (AvgIpc) is 2.96. The molecule has 0 aromatic carbocycles. The van der Waals surface area contributed by atoms with Gasteiger partial charge in [-0.25, -0.2) is 9.59 Å². The van der Waals surface area contributed by atoms with Crippen LogP contribution in [0.5, 0.6) is 0 Å². The van der Waals surface area contributed by atoms with Gasteiger partial charge >= 0.3 is 30.2 Å². The lowest BCUT2D eigenvalue weighted by Crippen LogP contribution is -2.42. The Bertz CT molecular complexity index is 855. The first kappa shape index (κ1) is 36.1. The molecule has 0 spiro atoms. The Balaban J connectivity index is 5.22. The number of esters is 3. The number of hydrogen-bond donors (Lipinski definition) is 2. The number of carbonyl (C=O) groups is 5. The van der Waals surface area contributed by atoms with E-state index in [1.807, 2.05) is 0 Å². The molecule has 0 amide bonds. The minimum Gasteiger partial charge on any atom is -0.461 e. The molecule has 0 aliphatic carbocycles. The smallest absolute Gasteiger partial charge is 0.461 e.